The van der Waals surface area contributed by atoms with Crippen molar-refractivity contribution in [2.75, 3.05) is 0 Å². The molecule has 0 spiro atoms. The van der Waals surface area contributed by atoms with Crippen LogP contribution in [0.1, 0.15) is 53.4 Å². The topological polar surface area (TPSA) is 117 Å². The summed E-state index contributed by atoms with van der Waals surface area (Å²) in [6.45, 7) is 11.5. The second kappa shape index (κ2) is 8.12. The number of aliphatic hydroxyl groups excluding tert-OH is 1. The highest BCUT2D eigenvalue weighted by molar-refractivity contribution is 6.59. The number of hydrogen-bond acceptors (Lipinski definition) is 5. The van der Waals surface area contributed by atoms with Gasteiger partial charge in [0.15, 0.2) is 11.4 Å². The normalized spacial score (nSPS) is 38.5. The number of carbonyl (C=O) groups is 3. The molecule has 1 saturated carbocycles. The number of allylic oxidation sites excluding steroid dienone is 3. The molecule has 0 aromatic heterocycles. The van der Waals surface area contributed by atoms with Crippen LogP contribution in [-0.4, -0.2) is 59.8 Å². The van der Waals surface area contributed by atoms with Crippen LogP contribution in [0.15, 0.2) is 35.1 Å². The molecule has 1 heterocycles. The number of nitrogens with zero attached hydrogens (tertiary/aromatic N) is 2. The van der Waals surface area contributed by atoms with Crippen molar-refractivity contribution in [3.05, 3.63) is 40.7 Å². The molecule has 5 atom stereocenters. The molecule has 0 amide bonds. The van der Waals surface area contributed by atoms with Crippen molar-refractivity contribution in [2.24, 2.45) is 11.3 Å². The van der Waals surface area contributed by atoms with Crippen LogP contribution in [0.4, 0.5) is 0 Å². The zero-order valence-electron chi connectivity index (χ0n) is 20.0. The lowest BCUT2D eigenvalue weighted by molar-refractivity contribution is -0.203. The van der Waals surface area contributed by atoms with E-state index >= 15 is 0 Å². The van der Waals surface area contributed by atoms with E-state index in [0.717, 1.165) is 11.6 Å². The summed E-state index contributed by atoms with van der Waals surface area (Å²) < 4.78 is 6.45. The number of Topliss-reactive ketones (excluding diaryl/α,β-unsaturated/α-hetero) is 2. The average Bonchev–Trinajstić information content (AvgIpc) is 2.75. The van der Waals surface area contributed by atoms with Gasteiger partial charge >= 0.3 is 5.71 Å². The maximum Gasteiger partial charge on any atom is 0.373 e. The lowest BCUT2D eigenvalue weighted by Gasteiger charge is -2.58. The number of hydrogen-bond donors (Lipinski definition) is 1. The zero-order valence-corrected chi connectivity index (χ0v) is 22.2. The summed E-state index contributed by atoms with van der Waals surface area (Å²) >= 11 is 20.4. The Bertz CT molecular complexity index is 1200. The van der Waals surface area contributed by atoms with Crippen LogP contribution in [0.2, 0.25) is 0 Å². The van der Waals surface area contributed by atoms with E-state index in [1.54, 1.807) is 13.8 Å². The van der Waals surface area contributed by atoms with Gasteiger partial charge in [0.1, 0.15) is 16.2 Å². The summed E-state index contributed by atoms with van der Waals surface area (Å²) in [7, 11) is 0. The minimum atomic E-state index is -2.00. The van der Waals surface area contributed by atoms with E-state index in [1.807, 2.05) is 13.8 Å². The molecule has 4 rings (SSSR count). The molecule has 0 radical (unpaired) electrons. The van der Waals surface area contributed by atoms with Crippen molar-refractivity contribution in [1.82, 2.24) is 0 Å². The summed E-state index contributed by atoms with van der Waals surface area (Å²) in [5.74, 6) is -3.66. The highest BCUT2D eigenvalue weighted by Crippen LogP contribution is 2.60. The van der Waals surface area contributed by atoms with Gasteiger partial charge in [-0.1, -0.05) is 26.0 Å². The molecule has 188 valence electrons. The van der Waals surface area contributed by atoms with Crippen molar-refractivity contribution in [3.63, 3.8) is 0 Å². The van der Waals surface area contributed by atoms with E-state index in [9.17, 15) is 25.0 Å². The van der Waals surface area contributed by atoms with Crippen LogP contribution < -0.4 is 0 Å². The van der Waals surface area contributed by atoms with Crippen LogP contribution in [0.5, 0.6) is 0 Å². The van der Waals surface area contributed by atoms with Gasteiger partial charge in [0.2, 0.25) is 5.78 Å². The summed E-state index contributed by atoms with van der Waals surface area (Å²) in [5.41, 5.74) is 5.17. The van der Waals surface area contributed by atoms with Crippen LogP contribution in [0, 0.1) is 11.3 Å². The van der Waals surface area contributed by atoms with E-state index in [-0.39, 0.29) is 24.1 Å². The highest BCUT2D eigenvalue weighted by atomic mass is 35.5. The molecule has 0 aromatic carbocycles. The monoisotopic (exact) mass is 540 g/mol. The third-order valence-electron chi connectivity index (χ3n) is 8.23. The summed E-state index contributed by atoms with van der Waals surface area (Å²) in [6, 6.07) is 0. The van der Waals surface area contributed by atoms with Gasteiger partial charge in [-0.25, -0.2) is 0 Å². The average molecular weight is 542 g/mol. The number of ketones is 3. The molecular weight excluding hydrogens is 515 g/mol. The quantitative estimate of drug-likeness (QED) is 0.180. The smallest absolute Gasteiger partial charge is 0.373 e. The molecule has 1 aliphatic heterocycles. The van der Waals surface area contributed by atoms with E-state index in [2.05, 4.69) is 11.4 Å². The predicted molar refractivity (Wildman–Crippen MR) is 132 cm³/mol. The van der Waals surface area contributed by atoms with Crippen LogP contribution in [-0.2, 0) is 19.1 Å². The Labute approximate surface area is 218 Å². The third-order valence-corrected chi connectivity index (χ3v) is 10.3. The number of aliphatic hydroxyl groups is 1. The van der Waals surface area contributed by atoms with E-state index in [0.29, 0.717) is 12.8 Å². The Hall–Kier alpha value is -1.76. The van der Waals surface area contributed by atoms with Crippen LogP contribution in [0.3, 0.4) is 0 Å². The Balaban J connectivity index is 2.01. The number of alkyl halides is 3. The molecule has 1 saturated heterocycles. The maximum absolute atomic E-state index is 14.4. The standard InChI is InChI=1S/C25H27Cl3N2O5/c1-11-6-7-15(26)22(2,3)12(11)9-25-21(34)18-17(13(31)8-14(32)19(18)30-29)20(33)24(25,28)10-16(27)23(4,5)35-25/h8,12,15-16,31H,1,6-7,9-10H2,2-5H3/t12-,15+,16-,24+,25+/m1/s1. The molecule has 4 aliphatic rings. The summed E-state index contributed by atoms with van der Waals surface area (Å²) in [6.07, 6.45) is 1.85. The second-order valence-corrected chi connectivity index (χ2v) is 12.7. The van der Waals surface area contributed by atoms with Crippen molar-refractivity contribution in [3.8, 4) is 0 Å². The number of fused-ring (bicyclic) bond motifs is 1. The van der Waals surface area contributed by atoms with Gasteiger partial charge in [-0.05, 0) is 50.9 Å². The summed E-state index contributed by atoms with van der Waals surface area (Å²) in [4.78, 5) is 41.9. The number of ether oxygens (including phenoxy) is 1. The van der Waals surface area contributed by atoms with Gasteiger partial charge in [0, 0.05) is 11.5 Å². The van der Waals surface area contributed by atoms with Crippen molar-refractivity contribution < 1.29 is 29.0 Å². The fourth-order valence-electron chi connectivity index (χ4n) is 5.93. The Kier molecular flexibility index (Phi) is 6.10. The third kappa shape index (κ3) is 3.47. The first-order valence-electron chi connectivity index (χ1n) is 11.4. The molecule has 7 nitrogen and oxygen atoms in total. The van der Waals surface area contributed by atoms with Crippen molar-refractivity contribution >= 4 is 57.9 Å². The lowest BCUT2D eigenvalue weighted by Crippen LogP contribution is -2.74. The molecule has 0 aromatic rings. The SMILES string of the molecule is C=C1CC[C@H](Cl)C(C)(C)[C@@H]1C[C@@]12OC(C)(C)[C@H](Cl)C[C@]1(Cl)C(=O)C1=C(C2=O)C(=[N+]=[N-])C(=O)C=C1O. The largest absolute Gasteiger partial charge is 0.507 e. The van der Waals surface area contributed by atoms with Gasteiger partial charge in [-0.3, -0.25) is 14.4 Å². The summed E-state index contributed by atoms with van der Waals surface area (Å²) in [5, 5.41) is 9.53. The predicted octanol–water partition coefficient (Wildman–Crippen LogP) is 4.64. The molecule has 3 aliphatic carbocycles. The fourth-order valence-corrected chi connectivity index (χ4v) is 7.00. The number of carbonyl (C=O) groups excluding carboxylic acids is 3. The van der Waals surface area contributed by atoms with E-state index < -0.39 is 66.8 Å². The van der Waals surface area contributed by atoms with Gasteiger partial charge < -0.3 is 15.4 Å². The van der Waals surface area contributed by atoms with E-state index in [4.69, 9.17) is 39.5 Å². The molecule has 1 N–H and O–H groups in total. The first kappa shape index (κ1) is 26.3. The van der Waals surface area contributed by atoms with Crippen LogP contribution >= 0.6 is 34.8 Å². The van der Waals surface area contributed by atoms with Gasteiger partial charge in [0.05, 0.1) is 16.6 Å². The highest BCUT2D eigenvalue weighted by Gasteiger charge is 2.73. The van der Waals surface area contributed by atoms with Gasteiger partial charge in [-0.2, -0.15) is 4.79 Å². The fraction of sp³-hybridized carbons (Fsp3) is 0.600. The number of halogens is 3. The minimum absolute atomic E-state index is 0.0582. The zero-order chi connectivity index (χ0) is 26.3. The maximum atomic E-state index is 14.4. The Morgan fingerprint density at radius 2 is 1.77 bits per heavy atom. The van der Waals surface area contributed by atoms with Crippen molar-refractivity contribution in [1.29, 1.82) is 0 Å². The molecular formula is C25H27Cl3N2O5. The first-order chi connectivity index (χ1) is 16.0. The Morgan fingerprint density at radius 3 is 2.37 bits per heavy atom. The first-order valence-corrected chi connectivity index (χ1v) is 12.7. The molecule has 35 heavy (non-hydrogen) atoms. The molecule has 0 bridgehead atoms. The lowest BCUT2D eigenvalue weighted by atomic mass is 9.56. The van der Waals surface area contributed by atoms with Crippen LogP contribution in [0.25, 0.3) is 5.53 Å². The molecule has 10 heteroatoms. The van der Waals surface area contributed by atoms with Gasteiger partial charge in [0.25, 0.3) is 5.78 Å². The molecule has 0 unspecified atom stereocenters. The van der Waals surface area contributed by atoms with Crippen molar-refractivity contribution in [2.45, 2.75) is 80.2 Å². The molecule has 2 fully saturated rings. The van der Waals surface area contributed by atoms with E-state index in [1.165, 1.54) is 0 Å². The number of rotatable bonds is 2. The second-order valence-electron chi connectivity index (χ2n) is 11.0. The Morgan fingerprint density at radius 1 is 1.14 bits per heavy atom. The minimum Gasteiger partial charge on any atom is -0.507 e. The van der Waals surface area contributed by atoms with Gasteiger partial charge in [-0.15, -0.1) is 34.8 Å².